The molecule has 0 aromatic heterocycles. The summed E-state index contributed by atoms with van der Waals surface area (Å²) in [7, 11) is 0. The molecule has 0 saturated carbocycles. The van der Waals surface area contributed by atoms with Crippen molar-refractivity contribution in [2.24, 2.45) is 0 Å². The van der Waals surface area contributed by atoms with Crippen molar-refractivity contribution in [2.45, 2.75) is 49.8 Å². The van der Waals surface area contributed by atoms with Crippen LogP contribution in [0.1, 0.15) is 43.2 Å². The SMILES string of the molecule is O=C(CSc1ccc2c(c1)CCC2)Nc1cccc(NC(=O)N2CCCCCC2)c1. The number of carbonyl (C=O) groups is 2. The van der Waals surface area contributed by atoms with Gasteiger partial charge in [-0.1, -0.05) is 25.0 Å². The van der Waals surface area contributed by atoms with E-state index in [1.54, 1.807) is 11.8 Å². The molecule has 4 rings (SSSR count). The maximum atomic E-state index is 12.5. The summed E-state index contributed by atoms with van der Waals surface area (Å²) in [6.07, 6.45) is 8.05. The third-order valence-electron chi connectivity index (χ3n) is 5.73. The molecule has 0 atom stereocenters. The number of urea groups is 1. The molecule has 2 aromatic carbocycles. The first kappa shape index (κ1) is 20.8. The highest BCUT2D eigenvalue weighted by Gasteiger charge is 2.16. The van der Waals surface area contributed by atoms with E-state index < -0.39 is 0 Å². The predicted molar refractivity (Wildman–Crippen MR) is 123 cm³/mol. The number of nitrogens with zero attached hydrogens (tertiary/aromatic N) is 1. The molecule has 30 heavy (non-hydrogen) atoms. The predicted octanol–water partition coefficient (Wildman–Crippen LogP) is 5.31. The van der Waals surface area contributed by atoms with Crippen LogP contribution in [0.2, 0.25) is 0 Å². The molecule has 0 bridgehead atoms. The number of benzene rings is 2. The van der Waals surface area contributed by atoms with Crippen LogP contribution >= 0.6 is 11.8 Å². The molecule has 6 heteroatoms. The zero-order valence-electron chi connectivity index (χ0n) is 17.3. The van der Waals surface area contributed by atoms with Crippen molar-refractivity contribution >= 4 is 35.1 Å². The topological polar surface area (TPSA) is 61.4 Å². The minimum atomic E-state index is -0.0625. The summed E-state index contributed by atoms with van der Waals surface area (Å²) in [5.41, 5.74) is 4.27. The number of hydrogen-bond donors (Lipinski definition) is 2. The third kappa shape index (κ3) is 5.57. The Morgan fingerprint density at radius 2 is 1.57 bits per heavy atom. The summed E-state index contributed by atoms with van der Waals surface area (Å²) in [6, 6.07) is 13.8. The number of carbonyl (C=O) groups excluding carboxylic acids is 2. The van der Waals surface area contributed by atoms with Crippen molar-refractivity contribution in [3.8, 4) is 0 Å². The fourth-order valence-electron chi connectivity index (χ4n) is 4.13. The molecular weight excluding hydrogens is 394 g/mol. The monoisotopic (exact) mass is 423 g/mol. The first-order chi connectivity index (χ1) is 14.7. The summed E-state index contributed by atoms with van der Waals surface area (Å²) < 4.78 is 0. The Balaban J connectivity index is 1.29. The summed E-state index contributed by atoms with van der Waals surface area (Å²) in [5.74, 6) is 0.319. The van der Waals surface area contributed by atoms with Gasteiger partial charge in [-0.25, -0.2) is 4.79 Å². The second kappa shape index (κ2) is 10.0. The summed E-state index contributed by atoms with van der Waals surface area (Å²) in [5, 5.41) is 5.91. The third-order valence-corrected chi connectivity index (χ3v) is 6.72. The lowest BCUT2D eigenvalue weighted by atomic mass is 10.1. The highest BCUT2D eigenvalue weighted by molar-refractivity contribution is 8.00. The van der Waals surface area contributed by atoms with Gasteiger partial charge in [0, 0.05) is 29.4 Å². The van der Waals surface area contributed by atoms with Crippen LogP contribution in [0.5, 0.6) is 0 Å². The first-order valence-electron chi connectivity index (χ1n) is 10.9. The first-order valence-corrected chi connectivity index (χ1v) is 11.9. The van der Waals surface area contributed by atoms with E-state index in [0.29, 0.717) is 17.1 Å². The lowest BCUT2D eigenvalue weighted by Gasteiger charge is -2.21. The Morgan fingerprint density at radius 3 is 2.37 bits per heavy atom. The summed E-state index contributed by atoms with van der Waals surface area (Å²) in [6.45, 7) is 1.62. The molecule has 158 valence electrons. The maximum Gasteiger partial charge on any atom is 0.321 e. The van der Waals surface area contributed by atoms with Gasteiger partial charge in [-0.05, 0) is 73.6 Å². The van der Waals surface area contributed by atoms with Crippen molar-refractivity contribution in [1.82, 2.24) is 4.90 Å². The molecule has 2 aliphatic rings. The molecule has 0 radical (unpaired) electrons. The molecule has 1 saturated heterocycles. The lowest BCUT2D eigenvalue weighted by molar-refractivity contribution is -0.113. The number of anilines is 2. The van der Waals surface area contributed by atoms with Crippen molar-refractivity contribution in [1.29, 1.82) is 0 Å². The van der Waals surface area contributed by atoms with Gasteiger partial charge in [0.15, 0.2) is 0 Å². The Morgan fingerprint density at radius 1 is 0.833 bits per heavy atom. The van der Waals surface area contributed by atoms with Gasteiger partial charge in [-0.2, -0.15) is 0 Å². The molecule has 1 aliphatic carbocycles. The van der Waals surface area contributed by atoms with E-state index in [4.69, 9.17) is 0 Å². The molecule has 1 aliphatic heterocycles. The van der Waals surface area contributed by atoms with Gasteiger partial charge in [-0.15, -0.1) is 11.8 Å². The Bertz CT molecular complexity index is 907. The minimum Gasteiger partial charge on any atom is -0.325 e. The van der Waals surface area contributed by atoms with E-state index in [0.717, 1.165) is 37.2 Å². The fraction of sp³-hybridized carbons (Fsp3) is 0.417. The number of thioether (sulfide) groups is 1. The molecule has 2 aromatic rings. The number of fused-ring (bicyclic) bond motifs is 1. The summed E-state index contributed by atoms with van der Waals surface area (Å²) in [4.78, 5) is 28.0. The van der Waals surface area contributed by atoms with Crippen LogP contribution in [-0.2, 0) is 17.6 Å². The van der Waals surface area contributed by atoms with Crippen LogP contribution in [0, 0.1) is 0 Å². The van der Waals surface area contributed by atoms with E-state index >= 15 is 0 Å². The maximum absolute atomic E-state index is 12.5. The van der Waals surface area contributed by atoms with Crippen LogP contribution in [0.4, 0.5) is 16.2 Å². The number of rotatable bonds is 5. The number of amides is 3. The molecule has 1 fully saturated rings. The molecule has 0 spiro atoms. The Kier molecular flexibility index (Phi) is 6.95. The van der Waals surface area contributed by atoms with Gasteiger partial charge in [0.25, 0.3) is 0 Å². The van der Waals surface area contributed by atoms with Crippen molar-refractivity contribution in [2.75, 3.05) is 29.5 Å². The van der Waals surface area contributed by atoms with Gasteiger partial charge >= 0.3 is 6.03 Å². The minimum absolute atomic E-state index is 0.0449. The van der Waals surface area contributed by atoms with Crippen LogP contribution in [0.15, 0.2) is 47.4 Å². The van der Waals surface area contributed by atoms with E-state index in [2.05, 4.69) is 28.8 Å². The molecule has 0 unspecified atom stereocenters. The van der Waals surface area contributed by atoms with Crippen molar-refractivity contribution in [3.05, 3.63) is 53.6 Å². The highest BCUT2D eigenvalue weighted by Crippen LogP contribution is 2.27. The van der Waals surface area contributed by atoms with E-state index in [1.165, 1.54) is 36.8 Å². The zero-order valence-corrected chi connectivity index (χ0v) is 18.1. The Hall–Kier alpha value is -2.47. The van der Waals surface area contributed by atoms with Gasteiger partial charge in [0.05, 0.1) is 5.75 Å². The average Bonchev–Trinajstić information content (AvgIpc) is 3.03. The quantitative estimate of drug-likeness (QED) is 0.640. The normalized spacial score (nSPS) is 15.9. The number of nitrogens with one attached hydrogen (secondary N) is 2. The highest BCUT2D eigenvalue weighted by atomic mass is 32.2. The number of likely N-dealkylation sites (tertiary alicyclic amines) is 1. The second-order valence-corrected chi connectivity index (χ2v) is 9.08. The van der Waals surface area contributed by atoms with Crippen molar-refractivity contribution in [3.63, 3.8) is 0 Å². The summed E-state index contributed by atoms with van der Waals surface area (Å²) >= 11 is 1.56. The van der Waals surface area contributed by atoms with Crippen LogP contribution in [0.25, 0.3) is 0 Å². The van der Waals surface area contributed by atoms with Crippen LogP contribution < -0.4 is 10.6 Å². The van der Waals surface area contributed by atoms with Crippen molar-refractivity contribution < 1.29 is 9.59 Å². The van der Waals surface area contributed by atoms with Gasteiger partial charge in [-0.3, -0.25) is 4.79 Å². The van der Waals surface area contributed by atoms with E-state index in [-0.39, 0.29) is 11.9 Å². The molecule has 1 heterocycles. The van der Waals surface area contributed by atoms with E-state index in [1.807, 2.05) is 29.2 Å². The second-order valence-electron chi connectivity index (χ2n) is 8.03. The Labute approximate surface area is 182 Å². The van der Waals surface area contributed by atoms with Crippen LogP contribution in [0.3, 0.4) is 0 Å². The van der Waals surface area contributed by atoms with Crippen LogP contribution in [-0.4, -0.2) is 35.7 Å². The average molecular weight is 424 g/mol. The number of aryl methyl sites for hydroxylation is 2. The molecule has 5 nitrogen and oxygen atoms in total. The lowest BCUT2D eigenvalue weighted by Crippen LogP contribution is -2.35. The number of hydrogen-bond acceptors (Lipinski definition) is 3. The molecule has 3 amide bonds. The fourth-order valence-corrected chi connectivity index (χ4v) is 4.89. The molecule has 2 N–H and O–H groups in total. The smallest absolute Gasteiger partial charge is 0.321 e. The largest absolute Gasteiger partial charge is 0.325 e. The standard InChI is InChI=1S/C24H29N3O2S/c28-23(17-30-22-12-11-18-7-5-8-19(18)15-22)25-20-9-6-10-21(16-20)26-24(29)27-13-3-1-2-4-14-27/h6,9-12,15-16H,1-5,7-8,13-14,17H2,(H,25,28)(H,26,29). The molecular formula is C24H29N3O2S. The van der Waals surface area contributed by atoms with E-state index in [9.17, 15) is 9.59 Å². The van der Waals surface area contributed by atoms with Gasteiger partial charge in [0.2, 0.25) is 5.91 Å². The van der Waals surface area contributed by atoms with Gasteiger partial charge < -0.3 is 15.5 Å². The zero-order chi connectivity index (χ0) is 20.8. The van der Waals surface area contributed by atoms with Gasteiger partial charge in [0.1, 0.15) is 0 Å².